The van der Waals surface area contributed by atoms with Gasteiger partial charge in [-0.2, -0.15) is 0 Å². The van der Waals surface area contributed by atoms with Gasteiger partial charge < -0.3 is 5.32 Å². The molecular weight excluding hydrogens is 270 g/mol. The lowest BCUT2D eigenvalue weighted by Crippen LogP contribution is -2.22. The minimum atomic E-state index is 0.421. The van der Waals surface area contributed by atoms with Crippen LogP contribution in [0.5, 0.6) is 0 Å². The summed E-state index contributed by atoms with van der Waals surface area (Å²) in [5, 5.41) is 5.84. The first-order valence-electron chi connectivity index (χ1n) is 5.81. The molecule has 1 nitrogen and oxygen atoms in total. The van der Waals surface area contributed by atoms with Crippen molar-refractivity contribution < 1.29 is 0 Å². The summed E-state index contributed by atoms with van der Waals surface area (Å²) in [6.45, 7) is 2.23. The summed E-state index contributed by atoms with van der Waals surface area (Å²) in [5.41, 5.74) is 1.42. The highest BCUT2D eigenvalue weighted by Crippen LogP contribution is 2.40. The van der Waals surface area contributed by atoms with E-state index in [1.54, 1.807) is 11.3 Å². The highest BCUT2D eigenvalue weighted by Gasteiger charge is 2.26. The molecule has 0 spiro atoms. The quantitative estimate of drug-likeness (QED) is 0.853. The van der Waals surface area contributed by atoms with Gasteiger partial charge in [0.25, 0.3) is 0 Å². The molecule has 1 N–H and O–H groups in total. The Morgan fingerprint density at radius 3 is 3.18 bits per heavy atom. The summed E-state index contributed by atoms with van der Waals surface area (Å²) in [6, 6.07) is 7.33. The zero-order chi connectivity index (χ0) is 11.8. The largest absolute Gasteiger partial charge is 0.303 e. The van der Waals surface area contributed by atoms with E-state index in [2.05, 4.69) is 35.8 Å². The second-order valence-corrected chi connectivity index (χ2v) is 7.17. The van der Waals surface area contributed by atoms with Crippen molar-refractivity contribution in [3.63, 3.8) is 0 Å². The van der Waals surface area contributed by atoms with Gasteiger partial charge in [0, 0.05) is 21.8 Å². The van der Waals surface area contributed by atoms with Crippen molar-refractivity contribution in [3.05, 3.63) is 43.2 Å². The van der Waals surface area contributed by atoms with Crippen LogP contribution in [0.2, 0.25) is 4.34 Å². The van der Waals surface area contributed by atoms with Crippen LogP contribution in [-0.4, -0.2) is 0 Å². The zero-order valence-corrected chi connectivity index (χ0v) is 12.0. The minimum Gasteiger partial charge on any atom is -0.303 e. The maximum Gasteiger partial charge on any atom is 0.0934 e. The van der Waals surface area contributed by atoms with Crippen molar-refractivity contribution >= 4 is 34.3 Å². The predicted octanol–water partition coefficient (Wildman–Crippen LogP) is 4.80. The third-order valence-electron chi connectivity index (χ3n) is 3.27. The van der Waals surface area contributed by atoms with Gasteiger partial charge >= 0.3 is 0 Å². The first-order chi connectivity index (χ1) is 8.24. The van der Waals surface area contributed by atoms with Gasteiger partial charge in [0.2, 0.25) is 0 Å². The van der Waals surface area contributed by atoms with Gasteiger partial charge in [-0.3, -0.25) is 0 Å². The zero-order valence-electron chi connectivity index (χ0n) is 9.57. The predicted molar refractivity (Wildman–Crippen MR) is 76.3 cm³/mol. The van der Waals surface area contributed by atoms with Crippen molar-refractivity contribution in [1.82, 2.24) is 5.32 Å². The highest BCUT2D eigenvalue weighted by molar-refractivity contribution is 7.16. The average molecular weight is 284 g/mol. The molecule has 0 fully saturated rings. The number of nitrogens with one attached hydrogen (secondary N) is 1. The van der Waals surface area contributed by atoms with Crippen molar-refractivity contribution in [1.29, 1.82) is 0 Å². The Hall–Kier alpha value is -0.350. The monoisotopic (exact) mass is 283 g/mol. The van der Waals surface area contributed by atoms with Gasteiger partial charge in [0.05, 0.1) is 4.34 Å². The molecule has 2 atom stereocenters. The van der Waals surface area contributed by atoms with E-state index in [-0.39, 0.29) is 0 Å². The van der Waals surface area contributed by atoms with E-state index in [4.69, 9.17) is 11.6 Å². The number of fused-ring (bicyclic) bond motifs is 1. The lowest BCUT2D eigenvalue weighted by atomic mass is 10.1. The number of aryl methyl sites for hydroxylation is 1. The van der Waals surface area contributed by atoms with Crippen molar-refractivity contribution in [2.75, 3.05) is 0 Å². The fraction of sp³-hybridized carbons (Fsp3) is 0.385. The second kappa shape index (κ2) is 4.73. The molecule has 0 bridgehead atoms. The molecule has 0 aliphatic heterocycles. The number of rotatable bonds is 3. The molecule has 4 heteroatoms. The van der Waals surface area contributed by atoms with Crippen molar-refractivity contribution in [2.45, 2.75) is 31.8 Å². The minimum absolute atomic E-state index is 0.421. The summed E-state index contributed by atoms with van der Waals surface area (Å²) in [7, 11) is 0. The molecule has 0 aromatic carbocycles. The van der Waals surface area contributed by atoms with Crippen LogP contribution < -0.4 is 5.32 Å². The van der Waals surface area contributed by atoms with Gasteiger partial charge in [0.15, 0.2) is 0 Å². The third kappa shape index (κ3) is 2.29. The van der Waals surface area contributed by atoms with E-state index in [9.17, 15) is 0 Å². The van der Waals surface area contributed by atoms with Gasteiger partial charge in [-0.05, 0) is 42.8 Å². The molecule has 3 rings (SSSR count). The number of halogens is 1. The third-order valence-corrected chi connectivity index (χ3v) is 5.66. The van der Waals surface area contributed by atoms with Crippen LogP contribution in [0.1, 0.15) is 40.7 Å². The Morgan fingerprint density at radius 1 is 1.53 bits per heavy atom. The highest BCUT2D eigenvalue weighted by atomic mass is 35.5. The van der Waals surface area contributed by atoms with Crippen LogP contribution in [0, 0.1) is 0 Å². The Bertz CT molecular complexity index is 503. The maximum atomic E-state index is 6.07. The summed E-state index contributed by atoms with van der Waals surface area (Å²) in [5.74, 6) is 0. The number of hydrogen-bond acceptors (Lipinski definition) is 3. The second-order valence-electron chi connectivity index (χ2n) is 4.42. The molecule has 2 heterocycles. The van der Waals surface area contributed by atoms with E-state index >= 15 is 0 Å². The molecule has 1 aliphatic rings. The van der Waals surface area contributed by atoms with Crippen LogP contribution in [0.3, 0.4) is 0 Å². The normalized spacial score (nSPS) is 20.5. The van der Waals surface area contributed by atoms with E-state index in [1.807, 2.05) is 11.3 Å². The van der Waals surface area contributed by atoms with Crippen molar-refractivity contribution in [3.8, 4) is 0 Å². The molecule has 2 aromatic heterocycles. The Morgan fingerprint density at radius 2 is 2.41 bits per heavy atom. The topological polar surface area (TPSA) is 12.0 Å². The fourth-order valence-electron chi connectivity index (χ4n) is 2.42. The molecule has 2 aromatic rings. The molecule has 0 radical (unpaired) electrons. The van der Waals surface area contributed by atoms with Gasteiger partial charge in [-0.25, -0.2) is 0 Å². The maximum absolute atomic E-state index is 6.07. The van der Waals surface area contributed by atoms with Gasteiger partial charge in [-0.1, -0.05) is 17.7 Å². The van der Waals surface area contributed by atoms with E-state index in [0.717, 1.165) is 4.34 Å². The standard InChI is InChI=1S/C13H14ClNS2/c1-8(11-3-2-6-16-11)15-10-4-5-12-9(10)7-13(14)17-12/h2-3,6-8,10,15H,4-5H2,1H3/t8-,10?/m1/s1. The summed E-state index contributed by atoms with van der Waals surface area (Å²) >= 11 is 9.62. The van der Waals surface area contributed by atoms with E-state index in [0.29, 0.717) is 12.1 Å². The molecular formula is C13H14ClNS2. The van der Waals surface area contributed by atoms with E-state index < -0.39 is 0 Å². The Labute approximate surface area is 114 Å². The molecule has 0 saturated carbocycles. The summed E-state index contributed by atoms with van der Waals surface area (Å²) < 4.78 is 0.922. The smallest absolute Gasteiger partial charge is 0.0934 e. The molecule has 1 aliphatic carbocycles. The molecule has 90 valence electrons. The lowest BCUT2D eigenvalue weighted by Gasteiger charge is -2.18. The van der Waals surface area contributed by atoms with Crippen LogP contribution >= 0.6 is 34.3 Å². The number of hydrogen-bond donors (Lipinski definition) is 1. The van der Waals surface area contributed by atoms with Crippen LogP contribution in [0.4, 0.5) is 0 Å². The Kier molecular flexibility index (Phi) is 3.26. The molecule has 0 saturated heterocycles. The first kappa shape index (κ1) is 11.7. The summed E-state index contributed by atoms with van der Waals surface area (Å²) in [6.07, 6.45) is 2.37. The lowest BCUT2D eigenvalue weighted by molar-refractivity contribution is 0.469. The SMILES string of the molecule is C[C@@H](NC1CCc2sc(Cl)cc21)c1cccs1. The van der Waals surface area contributed by atoms with Crippen LogP contribution in [0.25, 0.3) is 0 Å². The van der Waals surface area contributed by atoms with E-state index in [1.165, 1.54) is 28.2 Å². The van der Waals surface area contributed by atoms with Gasteiger partial charge in [-0.15, -0.1) is 22.7 Å². The molecule has 17 heavy (non-hydrogen) atoms. The summed E-state index contributed by atoms with van der Waals surface area (Å²) in [4.78, 5) is 2.87. The molecule has 0 amide bonds. The van der Waals surface area contributed by atoms with Crippen molar-refractivity contribution in [2.24, 2.45) is 0 Å². The van der Waals surface area contributed by atoms with Crippen LogP contribution in [0.15, 0.2) is 23.6 Å². The van der Waals surface area contributed by atoms with Crippen LogP contribution in [-0.2, 0) is 6.42 Å². The average Bonchev–Trinajstić information content (AvgIpc) is 2.96. The molecule has 1 unspecified atom stereocenters. The number of thiophene rings is 2. The first-order valence-corrected chi connectivity index (χ1v) is 7.89. The fourth-order valence-corrected chi connectivity index (χ4v) is 4.53. The van der Waals surface area contributed by atoms with Gasteiger partial charge in [0.1, 0.15) is 0 Å². The Balaban J connectivity index is 1.75.